The molecule has 2 rings (SSSR count). The summed E-state index contributed by atoms with van der Waals surface area (Å²) in [6.07, 6.45) is 4.40. The Balaban J connectivity index is 1.99. The van der Waals surface area contributed by atoms with Gasteiger partial charge in [-0.25, -0.2) is 0 Å². The molecule has 0 radical (unpaired) electrons. The molecular formula is C16H18N2O. The average Bonchev–Trinajstić information content (AvgIpc) is 2.45. The van der Waals surface area contributed by atoms with Crippen LogP contribution >= 0.6 is 0 Å². The zero-order chi connectivity index (χ0) is 13.7. The van der Waals surface area contributed by atoms with E-state index in [0.29, 0.717) is 6.54 Å². The molecule has 0 saturated carbocycles. The van der Waals surface area contributed by atoms with Gasteiger partial charge in [0.05, 0.1) is 0 Å². The van der Waals surface area contributed by atoms with Gasteiger partial charge in [-0.1, -0.05) is 18.2 Å². The predicted molar refractivity (Wildman–Crippen MR) is 76.1 cm³/mol. The molecule has 3 heteroatoms. The topological polar surface area (TPSA) is 33.2 Å². The maximum Gasteiger partial charge on any atom is 0.253 e. The van der Waals surface area contributed by atoms with E-state index in [1.807, 2.05) is 50.4 Å². The van der Waals surface area contributed by atoms with E-state index >= 15 is 0 Å². The van der Waals surface area contributed by atoms with E-state index in [2.05, 4.69) is 4.98 Å². The van der Waals surface area contributed by atoms with Gasteiger partial charge in [0.1, 0.15) is 0 Å². The number of pyridine rings is 1. The molecular weight excluding hydrogens is 236 g/mol. The number of carbonyl (C=O) groups excluding carboxylic acids is 1. The van der Waals surface area contributed by atoms with Gasteiger partial charge in [0, 0.05) is 31.5 Å². The number of aryl methyl sites for hydroxylation is 1. The second-order valence-corrected chi connectivity index (χ2v) is 4.65. The first-order valence-corrected chi connectivity index (χ1v) is 6.38. The summed E-state index contributed by atoms with van der Waals surface area (Å²) in [5.41, 5.74) is 2.99. The SMILES string of the molecule is Cc1ccccc1C(=O)N(C)CCc1ccncc1. The van der Waals surface area contributed by atoms with Gasteiger partial charge in [-0.15, -0.1) is 0 Å². The molecule has 3 nitrogen and oxygen atoms in total. The number of benzene rings is 1. The van der Waals surface area contributed by atoms with Crippen molar-refractivity contribution >= 4 is 5.91 Å². The second kappa shape index (κ2) is 6.14. The van der Waals surface area contributed by atoms with E-state index in [1.54, 1.807) is 17.3 Å². The standard InChI is InChI=1S/C16H18N2O/c1-13-5-3-4-6-15(13)16(19)18(2)12-9-14-7-10-17-11-8-14/h3-8,10-11H,9,12H2,1-2H3. The highest BCUT2D eigenvalue weighted by Crippen LogP contribution is 2.10. The van der Waals surface area contributed by atoms with Crippen molar-refractivity contribution in [3.8, 4) is 0 Å². The van der Waals surface area contributed by atoms with Crippen LogP contribution in [0.1, 0.15) is 21.5 Å². The normalized spacial score (nSPS) is 10.2. The summed E-state index contributed by atoms with van der Waals surface area (Å²) < 4.78 is 0. The summed E-state index contributed by atoms with van der Waals surface area (Å²) in [4.78, 5) is 18.1. The molecule has 0 spiro atoms. The summed E-state index contributed by atoms with van der Waals surface area (Å²) in [6.45, 7) is 2.67. The number of likely N-dealkylation sites (N-methyl/N-ethyl adjacent to an activating group) is 1. The van der Waals surface area contributed by atoms with Crippen molar-refractivity contribution in [3.05, 3.63) is 65.5 Å². The first kappa shape index (κ1) is 13.3. The predicted octanol–water partition coefficient (Wildman–Crippen LogP) is 2.70. The molecule has 1 amide bonds. The van der Waals surface area contributed by atoms with E-state index in [1.165, 1.54) is 5.56 Å². The van der Waals surface area contributed by atoms with Crippen molar-refractivity contribution in [2.24, 2.45) is 0 Å². The Labute approximate surface area is 113 Å². The van der Waals surface area contributed by atoms with E-state index in [4.69, 9.17) is 0 Å². The van der Waals surface area contributed by atoms with Crippen LogP contribution in [0.2, 0.25) is 0 Å². The van der Waals surface area contributed by atoms with Crippen molar-refractivity contribution in [1.82, 2.24) is 9.88 Å². The van der Waals surface area contributed by atoms with Crippen LogP contribution in [0.5, 0.6) is 0 Å². The maximum absolute atomic E-state index is 12.3. The number of nitrogens with zero attached hydrogens (tertiary/aromatic N) is 2. The van der Waals surface area contributed by atoms with Gasteiger partial charge < -0.3 is 4.90 Å². The smallest absolute Gasteiger partial charge is 0.253 e. The number of rotatable bonds is 4. The van der Waals surface area contributed by atoms with Crippen LogP contribution in [-0.2, 0) is 6.42 Å². The van der Waals surface area contributed by atoms with Gasteiger partial charge in [0.25, 0.3) is 5.91 Å². The van der Waals surface area contributed by atoms with Crippen molar-refractivity contribution in [2.75, 3.05) is 13.6 Å². The van der Waals surface area contributed by atoms with Crippen LogP contribution in [0, 0.1) is 6.92 Å². The summed E-state index contributed by atoms with van der Waals surface area (Å²) >= 11 is 0. The first-order valence-electron chi connectivity index (χ1n) is 6.38. The highest BCUT2D eigenvalue weighted by atomic mass is 16.2. The fourth-order valence-corrected chi connectivity index (χ4v) is 1.97. The van der Waals surface area contributed by atoms with Crippen molar-refractivity contribution in [1.29, 1.82) is 0 Å². The minimum atomic E-state index is 0.0761. The molecule has 98 valence electrons. The van der Waals surface area contributed by atoms with E-state index in [0.717, 1.165) is 17.5 Å². The molecule has 0 aliphatic rings. The van der Waals surface area contributed by atoms with Gasteiger partial charge in [0.15, 0.2) is 0 Å². The molecule has 2 aromatic rings. The van der Waals surface area contributed by atoms with Crippen molar-refractivity contribution < 1.29 is 4.79 Å². The van der Waals surface area contributed by atoms with Gasteiger partial charge >= 0.3 is 0 Å². The minimum Gasteiger partial charge on any atom is -0.341 e. The number of amides is 1. The Morgan fingerprint density at radius 1 is 1.16 bits per heavy atom. The van der Waals surface area contributed by atoms with E-state index in [-0.39, 0.29) is 5.91 Å². The summed E-state index contributed by atoms with van der Waals surface area (Å²) in [5, 5.41) is 0. The lowest BCUT2D eigenvalue weighted by molar-refractivity contribution is 0.0796. The largest absolute Gasteiger partial charge is 0.341 e. The monoisotopic (exact) mass is 254 g/mol. The zero-order valence-electron chi connectivity index (χ0n) is 11.3. The Morgan fingerprint density at radius 2 is 1.84 bits per heavy atom. The summed E-state index contributed by atoms with van der Waals surface area (Å²) in [7, 11) is 1.84. The highest BCUT2D eigenvalue weighted by Gasteiger charge is 2.13. The van der Waals surface area contributed by atoms with Gasteiger partial charge in [0.2, 0.25) is 0 Å². The molecule has 0 fully saturated rings. The lowest BCUT2D eigenvalue weighted by Gasteiger charge is -2.18. The Morgan fingerprint density at radius 3 is 2.53 bits per heavy atom. The maximum atomic E-state index is 12.3. The molecule has 0 saturated heterocycles. The fourth-order valence-electron chi connectivity index (χ4n) is 1.97. The number of aromatic nitrogens is 1. The Bertz CT molecular complexity index is 552. The third-order valence-electron chi connectivity index (χ3n) is 3.21. The number of carbonyl (C=O) groups is 1. The molecule has 0 atom stereocenters. The van der Waals surface area contributed by atoms with E-state index < -0.39 is 0 Å². The van der Waals surface area contributed by atoms with Gasteiger partial charge in [-0.3, -0.25) is 9.78 Å². The Hall–Kier alpha value is -2.16. The average molecular weight is 254 g/mol. The molecule has 0 unspecified atom stereocenters. The number of hydrogen-bond acceptors (Lipinski definition) is 2. The third kappa shape index (κ3) is 3.41. The molecule has 0 N–H and O–H groups in total. The second-order valence-electron chi connectivity index (χ2n) is 4.65. The van der Waals surface area contributed by atoms with Crippen LogP contribution in [0.3, 0.4) is 0 Å². The summed E-state index contributed by atoms with van der Waals surface area (Å²) in [6, 6.07) is 11.6. The van der Waals surface area contributed by atoms with Gasteiger partial charge in [-0.2, -0.15) is 0 Å². The van der Waals surface area contributed by atoms with Crippen LogP contribution in [0.4, 0.5) is 0 Å². The molecule has 1 aromatic carbocycles. The lowest BCUT2D eigenvalue weighted by atomic mass is 10.1. The third-order valence-corrected chi connectivity index (χ3v) is 3.21. The molecule has 1 aromatic heterocycles. The molecule has 0 bridgehead atoms. The number of hydrogen-bond donors (Lipinski definition) is 0. The van der Waals surface area contributed by atoms with Crippen LogP contribution in [0.15, 0.2) is 48.8 Å². The molecule has 19 heavy (non-hydrogen) atoms. The van der Waals surface area contributed by atoms with Crippen LogP contribution < -0.4 is 0 Å². The lowest BCUT2D eigenvalue weighted by Crippen LogP contribution is -2.29. The van der Waals surface area contributed by atoms with Crippen LogP contribution in [-0.4, -0.2) is 29.4 Å². The van der Waals surface area contributed by atoms with Crippen molar-refractivity contribution in [2.45, 2.75) is 13.3 Å². The first-order chi connectivity index (χ1) is 9.18. The fraction of sp³-hybridized carbons (Fsp3) is 0.250. The summed E-state index contributed by atoms with van der Waals surface area (Å²) in [5.74, 6) is 0.0761. The van der Waals surface area contributed by atoms with Crippen LogP contribution in [0.25, 0.3) is 0 Å². The van der Waals surface area contributed by atoms with Gasteiger partial charge in [-0.05, 0) is 42.7 Å². The minimum absolute atomic E-state index is 0.0761. The zero-order valence-corrected chi connectivity index (χ0v) is 11.3. The van der Waals surface area contributed by atoms with E-state index in [9.17, 15) is 4.79 Å². The molecule has 1 heterocycles. The molecule has 0 aliphatic heterocycles. The molecule has 0 aliphatic carbocycles. The Kier molecular flexibility index (Phi) is 4.29. The quantitative estimate of drug-likeness (QED) is 0.840. The highest BCUT2D eigenvalue weighted by molar-refractivity contribution is 5.95. The van der Waals surface area contributed by atoms with Crippen molar-refractivity contribution in [3.63, 3.8) is 0 Å².